The van der Waals surface area contributed by atoms with Crippen molar-refractivity contribution in [2.45, 2.75) is 24.0 Å². The number of hydrogen-bond acceptors (Lipinski definition) is 1. The van der Waals surface area contributed by atoms with Gasteiger partial charge in [0.05, 0.1) is 0 Å². The van der Waals surface area contributed by atoms with Gasteiger partial charge in [-0.05, 0) is 44.5 Å². The largest absolute Gasteiger partial charge is 0.357 e. The number of ether oxygens (including phenoxy) is 1. The average Bonchev–Trinajstić information content (AvgIpc) is 3.28. The van der Waals surface area contributed by atoms with Crippen LogP contribution in [0.4, 0.5) is 0 Å². The smallest absolute Gasteiger partial charge is 0.102 e. The summed E-state index contributed by atoms with van der Waals surface area (Å²) in [6.45, 7) is 0. The van der Waals surface area contributed by atoms with Crippen molar-refractivity contribution in [3.05, 3.63) is 117 Å². The molecule has 0 saturated carbocycles. The van der Waals surface area contributed by atoms with Crippen molar-refractivity contribution in [2.24, 2.45) is 0 Å². The van der Waals surface area contributed by atoms with Gasteiger partial charge in [-0.15, -0.1) is 0 Å². The topological polar surface area (TPSA) is 9.23 Å². The summed E-state index contributed by atoms with van der Waals surface area (Å²) in [6, 6.07) is 22.9. The van der Waals surface area contributed by atoms with Crippen LogP contribution in [0.25, 0.3) is 0 Å². The van der Waals surface area contributed by atoms with Crippen molar-refractivity contribution in [1.29, 1.82) is 0 Å². The average molecular weight is 320 g/mol. The van der Waals surface area contributed by atoms with E-state index in [0.717, 1.165) is 0 Å². The molecule has 118 valence electrons. The van der Waals surface area contributed by atoms with Crippen LogP contribution in [-0.4, -0.2) is 0 Å². The van der Waals surface area contributed by atoms with Crippen molar-refractivity contribution in [3.63, 3.8) is 0 Å². The normalized spacial score (nSPS) is 28.5. The summed E-state index contributed by atoms with van der Waals surface area (Å²) in [5.74, 6) is 0.724. The van der Waals surface area contributed by atoms with Crippen LogP contribution in [0.2, 0.25) is 0 Å². The number of fused-ring (bicyclic) bond motifs is 5. The molecule has 25 heavy (non-hydrogen) atoms. The first-order valence-electron chi connectivity index (χ1n) is 9.09. The Kier molecular flexibility index (Phi) is 2.09. The van der Waals surface area contributed by atoms with Gasteiger partial charge >= 0.3 is 0 Å². The summed E-state index contributed by atoms with van der Waals surface area (Å²) in [5.41, 5.74) is 11.7. The molecule has 2 atom stereocenters. The Bertz CT molecular complexity index is 974. The van der Waals surface area contributed by atoms with Crippen LogP contribution >= 0.6 is 0 Å². The highest BCUT2D eigenvalue weighted by Crippen LogP contribution is 2.58. The van der Waals surface area contributed by atoms with Crippen LogP contribution in [0.3, 0.4) is 0 Å². The summed E-state index contributed by atoms with van der Waals surface area (Å²) in [6.07, 6.45) is 4.75. The molecule has 0 fully saturated rings. The van der Waals surface area contributed by atoms with Gasteiger partial charge in [0.2, 0.25) is 0 Å². The van der Waals surface area contributed by atoms with E-state index in [1.807, 2.05) is 0 Å². The predicted molar refractivity (Wildman–Crippen MR) is 96.9 cm³/mol. The molecule has 0 radical (unpaired) electrons. The third-order valence-corrected chi connectivity index (χ3v) is 6.51. The number of benzene rings is 3. The fraction of sp³-hybridized carbons (Fsp3) is 0.167. The first kappa shape index (κ1) is 12.7. The molecule has 2 heterocycles. The lowest BCUT2D eigenvalue weighted by Crippen LogP contribution is -2.27. The van der Waals surface area contributed by atoms with Gasteiger partial charge in [-0.3, -0.25) is 0 Å². The molecule has 1 heteroatoms. The molecule has 0 amide bonds. The van der Waals surface area contributed by atoms with Gasteiger partial charge in [-0.1, -0.05) is 72.8 Å². The van der Waals surface area contributed by atoms with E-state index in [-0.39, 0.29) is 12.2 Å². The highest BCUT2D eigenvalue weighted by Gasteiger charge is 2.43. The molecular weight excluding hydrogens is 304 g/mol. The zero-order valence-corrected chi connectivity index (χ0v) is 13.6. The van der Waals surface area contributed by atoms with Crippen molar-refractivity contribution in [1.82, 2.24) is 0 Å². The number of rotatable bonds is 0. The van der Waals surface area contributed by atoms with Crippen molar-refractivity contribution in [3.8, 4) is 0 Å². The highest BCUT2D eigenvalue weighted by atomic mass is 16.5. The monoisotopic (exact) mass is 320 g/mol. The maximum Gasteiger partial charge on any atom is 0.102 e. The van der Waals surface area contributed by atoms with Crippen LogP contribution in [0.5, 0.6) is 0 Å². The molecule has 2 aliphatic heterocycles. The summed E-state index contributed by atoms with van der Waals surface area (Å²) >= 11 is 0. The third-order valence-electron chi connectivity index (χ3n) is 6.51. The second kappa shape index (κ2) is 4.12. The van der Waals surface area contributed by atoms with Crippen molar-refractivity contribution >= 4 is 0 Å². The van der Waals surface area contributed by atoms with Crippen LogP contribution < -0.4 is 0 Å². The van der Waals surface area contributed by atoms with E-state index in [4.69, 9.17) is 4.74 Å². The van der Waals surface area contributed by atoms with Crippen molar-refractivity contribution < 1.29 is 4.74 Å². The van der Waals surface area contributed by atoms with E-state index in [9.17, 15) is 0 Å². The Hall–Kier alpha value is -2.64. The van der Waals surface area contributed by atoms with E-state index < -0.39 is 0 Å². The molecule has 8 rings (SSSR count). The highest BCUT2D eigenvalue weighted by molar-refractivity contribution is 5.69. The molecule has 3 aromatic carbocycles. The molecular formula is C24H16O. The van der Waals surface area contributed by atoms with Gasteiger partial charge in [-0.25, -0.2) is 0 Å². The van der Waals surface area contributed by atoms with Gasteiger partial charge in [0.25, 0.3) is 0 Å². The maximum atomic E-state index is 6.10. The molecule has 0 N–H and O–H groups in total. The van der Waals surface area contributed by atoms with Gasteiger partial charge in [0.1, 0.15) is 12.2 Å². The Balaban J connectivity index is 1.58. The van der Waals surface area contributed by atoms with E-state index >= 15 is 0 Å². The molecule has 3 aliphatic carbocycles. The minimum absolute atomic E-state index is 0.163. The fourth-order valence-corrected chi connectivity index (χ4v) is 5.54. The SMILES string of the molecule is C1=C[C@H]2O[C@@H]1c1cc3c(cc12)C1c2ccccc2C3c2ccccc21. The molecule has 0 spiro atoms. The van der Waals surface area contributed by atoms with Gasteiger partial charge in [-0.2, -0.15) is 0 Å². The lowest BCUT2D eigenvalue weighted by atomic mass is 9.60. The molecule has 0 unspecified atom stereocenters. The Morgan fingerprint density at radius 1 is 0.480 bits per heavy atom. The fourth-order valence-electron chi connectivity index (χ4n) is 5.54. The third kappa shape index (κ3) is 1.37. The Labute approximate surface area is 146 Å². The quantitative estimate of drug-likeness (QED) is 0.349. The minimum atomic E-state index is 0.163. The van der Waals surface area contributed by atoms with Gasteiger partial charge in [0, 0.05) is 11.8 Å². The van der Waals surface area contributed by atoms with Crippen LogP contribution in [0.15, 0.2) is 72.8 Å². The van der Waals surface area contributed by atoms with E-state index in [2.05, 4.69) is 72.8 Å². The first-order valence-corrected chi connectivity index (χ1v) is 9.09. The van der Waals surface area contributed by atoms with E-state index in [1.165, 1.54) is 44.5 Å². The maximum absolute atomic E-state index is 6.10. The summed E-state index contributed by atoms with van der Waals surface area (Å²) in [5, 5.41) is 0. The van der Waals surface area contributed by atoms with Crippen LogP contribution in [0, 0.1) is 0 Å². The molecule has 1 nitrogen and oxygen atoms in total. The standard InChI is InChI=1S/C24H16O/c1-2-6-14-13(5-1)23-15-7-3-4-8-16(15)24(14)20-12-18-17(11-19(20)23)21-9-10-22(18)25-21/h1-12,21-24H/t21-,22+,23?,24?. The summed E-state index contributed by atoms with van der Waals surface area (Å²) in [4.78, 5) is 0. The zero-order chi connectivity index (χ0) is 16.1. The van der Waals surface area contributed by atoms with Gasteiger partial charge < -0.3 is 4.74 Å². The first-order chi connectivity index (χ1) is 12.4. The molecule has 0 aromatic heterocycles. The Morgan fingerprint density at radius 3 is 1.28 bits per heavy atom. The minimum Gasteiger partial charge on any atom is -0.357 e. The predicted octanol–water partition coefficient (Wildman–Crippen LogP) is 5.36. The summed E-state index contributed by atoms with van der Waals surface area (Å²) in [7, 11) is 0. The second-order valence-corrected chi connectivity index (χ2v) is 7.60. The lowest BCUT2D eigenvalue weighted by molar-refractivity contribution is 0.0878. The zero-order valence-electron chi connectivity index (χ0n) is 13.6. The van der Waals surface area contributed by atoms with Crippen LogP contribution in [0.1, 0.15) is 68.6 Å². The molecule has 3 aromatic rings. The molecule has 5 aliphatic rings. The molecule has 4 bridgehead atoms. The second-order valence-electron chi connectivity index (χ2n) is 7.60. The summed E-state index contributed by atoms with van der Waals surface area (Å²) < 4.78 is 6.10. The van der Waals surface area contributed by atoms with Crippen LogP contribution in [-0.2, 0) is 4.74 Å². The van der Waals surface area contributed by atoms with Crippen molar-refractivity contribution in [2.75, 3.05) is 0 Å². The number of hydrogen-bond donors (Lipinski definition) is 0. The lowest BCUT2D eigenvalue weighted by Gasteiger charge is -2.42. The Morgan fingerprint density at radius 2 is 0.880 bits per heavy atom. The molecule has 0 saturated heterocycles. The van der Waals surface area contributed by atoms with E-state index in [1.54, 1.807) is 0 Å². The van der Waals surface area contributed by atoms with E-state index in [0.29, 0.717) is 11.8 Å². The van der Waals surface area contributed by atoms with Gasteiger partial charge in [0.15, 0.2) is 0 Å².